The largest absolute Gasteiger partial charge is 0.361 e. The van der Waals surface area contributed by atoms with E-state index in [4.69, 9.17) is 10.3 Å². The van der Waals surface area contributed by atoms with Gasteiger partial charge in [-0.05, 0) is 20.8 Å². The molecule has 1 aromatic rings. The molecule has 0 spiro atoms. The molecule has 1 heterocycles. The van der Waals surface area contributed by atoms with Gasteiger partial charge in [0.2, 0.25) is 0 Å². The summed E-state index contributed by atoms with van der Waals surface area (Å²) < 4.78 is 4.78. The Morgan fingerprint density at radius 3 is 2.79 bits per heavy atom. The van der Waals surface area contributed by atoms with Gasteiger partial charge in [0.25, 0.3) is 5.91 Å². The number of aromatic nitrogens is 1. The molecule has 0 saturated carbocycles. The van der Waals surface area contributed by atoms with Crippen LogP contribution >= 0.6 is 0 Å². The fourth-order valence-electron chi connectivity index (χ4n) is 0.872. The fourth-order valence-corrected chi connectivity index (χ4v) is 0.872. The van der Waals surface area contributed by atoms with Gasteiger partial charge in [-0.25, -0.2) is 0 Å². The van der Waals surface area contributed by atoms with Crippen molar-refractivity contribution in [2.75, 3.05) is 6.54 Å². The quantitative estimate of drug-likeness (QED) is 0.737. The van der Waals surface area contributed by atoms with E-state index in [1.54, 1.807) is 13.0 Å². The van der Waals surface area contributed by atoms with Gasteiger partial charge in [-0.15, -0.1) is 0 Å². The number of nitrogens with one attached hydrogen (secondary N) is 1. The lowest BCUT2D eigenvalue weighted by atomic mass is 10.1. The lowest BCUT2D eigenvalue weighted by Gasteiger charge is -2.18. The standard InChI is InChI=1S/C9H15N3O2/c1-6-4-7(12-14-6)8(13)11-5-9(2,3)10/h4H,5,10H2,1-3H3,(H,11,13). The molecule has 5 nitrogen and oxygen atoms in total. The van der Waals surface area contributed by atoms with Gasteiger partial charge in [-0.2, -0.15) is 0 Å². The first-order valence-corrected chi connectivity index (χ1v) is 4.39. The number of nitrogens with two attached hydrogens (primary N) is 1. The van der Waals surface area contributed by atoms with E-state index in [2.05, 4.69) is 10.5 Å². The summed E-state index contributed by atoms with van der Waals surface area (Å²) >= 11 is 0. The second-order valence-corrected chi connectivity index (χ2v) is 3.99. The number of hydrogen-bond donors (Lipinski definition) is 2. The predicted octanol–water partition coefficient (Wildman–Crippen LogP) is 0.450. The van der Waals surface area contributed by atoms with Crippen LogP contribution in [0.4, 0.5) is 0 Å². The minimum absolute atomic E-state index is 0.264. The van der Waals surface area contributed by atoms with Crippen molar-refractivity contribution in [2.24, 2.45) is 5.73 Å². The van der Waals surface area contributed by atoms with Gasteiger partial charge in [0, 0.05) is 18.2 Å². The highest BCUT2D eigenvalue weighted by Crippen LogP contribution is 2.01. The molecule has 1 rings (SSSR count). The summed E-state index contributed by atoms with van der Waals surface area (Å²) in [6.45, 7) is 5.80. The van der Waals surface area contributed by atoms with Gasteiger partial charge in [0.05, 0.1) is 0 Å². The van der Waals surface area contributed by atoms with Gasteiger partial charge in [0.1, 0.15) is 5.76 Å². The van der Waals surface area contributed by atoms with Crippen molar-refractivity contribution >= 4 is 5.91 Å². The third-order valence-electron chi connectivity index (χ3n) is 1.57. The molecule has 0 aliphatic heterocycles. The summed E-state index contributed by atoms with van der Waals surface area (Å²) in [5, 5.41) is 6.25. The predicted molar refractivity (Wildman–Crippen MR) is 51.8 cm³/mol. The van der Waals surface area contributed by atoms with E-state index in [0.29, 0.717) is 12.3 Å². The van der Waals surface area contributed by atoms with Crippen molar-refractivity contribution in [1.82, 2.24) is 10.5 Å². The normalized spacial score (nSPS) is 11.4. The Hall–Kier alpha value is -1.36. The molecule has 0 radical (unpaired) electrons. The Kier molecular flexibility index (Phi) is 2.90. The van der Waals surface area contributed by atoms with Gasteiger partial charge in [-0.3, -0.25) is 4.79 Å². The van der Waals surface area contributed by atoms with Crippen LogP contribution in [-0.2, 0) is 0 Å². The van der Waals surface area contributed by atoms with E-state index in [1.807, 2.05) is 13.8 Å². The molecule has 0 aromatic carbocycles. The number of aryl methyl sites for hydroxylation is 1. The highest BCUT2D eigenvalue weighted by molar-refractivity contribution is 5.92. The summed E-state index contributed by atoms with van der Waals surface area (Å²) in [7, 11) is 0. The average molecular weight is 197 g/mol. The highest BCUT2D eigenvalue weighted by Gasteiger charge is 2.15. The molecule has 0 aliphatic rings. The lowest BCUT2D eigenvalue weighted by molar-refractivity contribution is 0.0937. The Balaban J connectivity index is 2.52. The van der Waals surface area contributed by atoms with Crippen LogP contribution in [0, 0.1) is 6.92 Å². The molecule has 0 unspecified atom stereocenters. The van der Waals surface area contributed by atoms with Crippen molar-refractivity contribution in [1.29, 1.82) is 0 Å². The minimum atomic E-state index is -0.422. The summed E-state index contributed by atoms with van der Waals surface area (Å²) in [5.74, 6) is 0.350. The first kappa shape index (κ1) is 10.7. The van der Waals surface area contributed by atoms with Gasteiger partial charge < -0.3 is 15.6 Å². The zero-order valence-corrected chi connectivity index (χ0v) is 8.63. The van der Waals surface area contributed by atoms with Crippen LogP contribution in [0.1, 0.15) is 30.1 Å². The molecular weight excluding hydrogens is 182 g/mol. The zero-order valence-electron chi connectivity index (χ0n) is 8.63. The summed E-state index contributed by atoms with van der Waals surface area (Å²) in [6.07, 6.45) is 0. The molecule has 0 aliphatic carbocycles. The summed E-state index contributed by atoms with van der Waals surface area (Å²) in [6, 6.07) is 1.58. The average Bonchev–Trinajstić information content (AvgIpc) is 2.46. The molecule has 0 bridgehead atoms. The van der Waals surface area contributed by atoms with E-state index in [1.165, 1.54) is 0 Å². The number of hydrogen-bond acceptors (Lipinski definition) is 4. The van der Waals surface area contributed by atoms with Crippen molar-refractivity contribution in [3.05, 3.63) is 17.5 Å². The second kappa shape index (κ2) is 3.79. The van der Waals surface area contributed by atoms with Crippen molar-refractivity contribution in [3.8, 4) is 0 Å². The van der Waals surface area contributed by atoms with E-state index >= 15 is 0 Å². The summed E-state index contributed by atoms with van der Waals surface area (Å²) in [5.41, 5.74) is 5.57. The van der Waals surface area contributed by atoms with Crippen LogP contribution in [0.2, 0.25) is 0 Å². The van der Waals surface area contributed by atoms with Crippen LogP contribution in [0.5, 0.6) is 0 Å². The SMILES string of the molecule is Cc1cc(C(=O)NCC(C)(C)N)no1. The third kappa shape index (κ3) is 3.18. The number of nitrogens with zero attached hydrogens (tertiary/aromatic N) is 1. The molecule has 14 heavy (non-hydrogen) atoms. The Morgan fingerprint density at radius 1 is 1.71 bits per heavy atom. The maximum absolute atomic E-state index is 11.4. The first-order valence-electron chi connectivity index (χ1n) is 4.39. The molecule has 3 N–H and O–H groups in total. The Bertz CT molecular complexity index is 325. The maximum Gasteiger partial charge on any atom is 0.273 e. The topological polar surface area (TPSA) is 81.2 Å². The highest BCUT2D eigenvalue weighted by atomic mass is 16.5. The summed E-state index contributed by atoms with van der Waals surface area (Å²) in [4.78, 5) is 11.4. The van der Waals surface area contributed by atoms with E-state index in [9.17, 15) is 4.79 Å². The van der Waals surface area contributed by atoms with Crippen molar-refractivity contribution < 1.29 is 9.32 Å². The lowest BCUT2D eigenvalue weighted by Crippen LogP contribution is -2.45. The van der Waals surface area contributed by atoms with Crippen LogP contribution < -0.4 is 11.1 Å². The number of amides is 1. The van der Waals surface area contributed by atoms with Crippen LogP contribution in [0.25, 0.3) is 0 Å². The monoisotopic (exact) mass is 197 g/mol. The molecule has 1 amide bonds. The first-order chi connectivity index (χ1) is 6.38. The zero-order chi connectivity index (χ0) is 10.8. The van der Waals surface area contributed by atoms with Crippen LogP contribution in [-0.4, -0.2) is 23.1 Å². The van der Waals surface area contributed by atoms with E-state index < -0.39 is 5.54 Å². The van der Waals surface area contributed by atoms with E-state index in [-0.39, 0.29) is 11.6 Å². The van der Waals surface area contributed by atoms with Crippen molar-refractivity contribution in [2.45, 2.75) is 26.3 Å². The molecule has 1 aromatic heterocycles. The van der Waals surface area contributed by atoms with Crippen molar-refractivity contribution in [3.63, 3.8) is 0 Å². The molecule has 0 atom stereocenters. The number of carbonyl (C=O) groups excluding carboxylic acids is 1. The smallest absolute Gasteiger partial charge is 0.273 e. The molecule has 78 valence electrons. The maximum atomic E-state index is 11.4. The Morgan fingerprint density at radius 2 is 2.36 bits per heavy atom. The van der Waals surface area contributed by atoms with E-state index in [0.717, 1.165) is 0 Å². The number of rotatable bonds is 3. The molecular formula is C9H15N3O2. The second-order valence-electron chi connectivity index (χ2n) is 3.99. The van der Waals surface area contributed by atoms with Crippen LogP contribution in [0.15, 0.2) is 10.6 Å². The van der Waals surface area contributed by atoms with Gasteiger partial charge >= 0.3 is 0 Å². The minimum Gasteiger partial charge on any atom is -0.361 e. The molecule has 0 saturated heterocycles. The fraction of sp³-hybridized carbons (Fsp3) is 0.556. The van der Waals surface area contributed by atoms with Crippen LogP contribution in [0.3, 0.4) is 0 Å². The molecule has 5 heteroatoms. The molecule has 0 fully saturated rings. The Labute approximate surface area is 82.6 Å². The van der Waals surface area contributed by atoms with Gasteiger partial charge in [0.15, 0.2) is 5.69 Å². The van der Waals surface area contributed by atoms with Gasteiger partial charge in [-0.1, -0.05) is 5.16 Å². The third-order valence-corrected chi connectivity index (χ3v) is 1.57. The number of carbonyl (C=O) groups is 1.